The first-order chi connectivity index (χ1) is 12.4. The van der Waals surface area contributed by atoms with Crippen LogP contribution in [0.15, 0.2) is 59.5 Å². The first kappa shape index (κ1) is 9.58. The van der Waals surface area contributed by atoms with Crippen LogP contribution in [0.2, 0.25) is 0 Å². The number of cyclic esters (lactones) is 1. The quantitative estimate of drug-likeness (QED) is 0.816. The first-order valence-electron chi connectivity index (χ1n) is 8.84. The van der Waals surface area contributed by atoms with Gasteiger partial charge in [0.05, 0.1) is 13.2 Å². The van der Waals surface area contributed by atoms with Crippen LogP contribution in [-0.4, -0.2) is 27.1 Å². The molecule has 0 bridgehead atoms. The highest BCUT2D eigenvalue weighted by molar-refractivity contribution is 7.90. The van der Waals surface area contributed by atoms with Crippen molar-refractivity contribution in [2.75, 3.05) is 12.7 Å². The highest BCUT2D eigenvalue weighted by Crippen LogP contribution is 2.33. The molecule has 3 rings (SSSR count). The highest BCUT2D eigenvalue weighted by Gasteiger charge is 2.27. The SMILES string of the molecule is [2H]C1([2H])OC(=O)C(c2ccccc2)=C1c1ccc(S(=O)(=O)C([2H])([2H])[2H])cc1. The molecule has 2 aromatic carbocycles. The smallest absolute Gasteiger partial charge is 0.339 e. The van der Waals surface area contributed by atoms with Crippen LogP contribution >= 0.6 is 0 Å². The summed E-state index contributed by atoms with van der Waals surface area (Å²) in [6, 6.07) is 13.1. The largest absolute Gasteiger partial charge is 0.457 e. The summed E-state index contributed by atoms with van der Waals surface area (Å²) in [5.41, 5.74) is 0.663. The molecule has 112 valence electrons. The number of esters is 1. The van der Waals surface area contributed by atoms with Crippen molar-refractivity contribution in [1.29, 1.82) is 0 Å². The van der Waals surface area contributed by atoms with Gasteiger partial charge in [-0.2, -0.15) is 0 Å². The van der Waals surface area contributed by atoms with Gasteiger partial charge in [0.15, 0.2) is 9.84 Å². The summed E-state index contributed by atoms with van der Waals surface area (Å²) < 4.78 is 66.4. The fraction of sp³-hybridized carbons (Fsp3) is 0.118. The lowest BCUT2D eigenvalue weighted by atomic mass is 9.97. The highest BCUT2D eigenvalue weighted by atomic mass is 32.2. The summed E-state index contributed by atoms with van der Waals surface area (Å²) in [6.45, 7) is -2.41. The van der Waals surface area contributed by atoms with Crippen molar-refractivity contribution in [3.05, 3.63) is 65.7 Å². The van der Waals surface area contributed by atoms with Gasteiger partial charge in [-0.3, -0.25) is 0 Å². The number of ether oxygens (including phenoxy) is 1. The van der Waals surface area contributed by atoms with Crippen molar-refractivity contribution in [2.24, 2.45) is 0 Å². The molecule has 0 saturated carbocycles. The van der Waals surface area contributed by atoms with Crippen LogP contribution in [-0.2, 0) is 19.4 Å². The number of benzene rings is 2. The second-order valence-corrected chi connectivity index (χ2v) is 6.11. The lowest BCUT2D eigenvalue weighted by Gasteiger charge is -2.05. The molecular formula is C17H14O4S. The topological polar surface area (TPSA) is 60.4 Å². The van der Waals surface area contributed by atoms with Crippen molar-refractivity contribution in [1.82, 2.24) is 0 Å². The zero-order chi connectivity index (χ0) is 20.0. The molecule has 0 aromatic heterocycles. The number of hydrogen-bond acceptors (Lipinski definition) is 4. The predicted molar refractivity (Wildman–Crippen MR) is 83.8 cm³/mol. The van der Waals surface area contributed by atoms with E-state index in [0.717, 1.165) is 12.1 Å². The molecule has 1 aliphatic heterocycles. The van der Waals surface area contributed by atoms with E-state index in [1.165, 1.54) is 12.1 Å². The van der Waals surface area contributed by atoms with Crippen molar-refractivity contribution in [3.63, 3.8) is 0 Å². The summed E-state index contributed by atoms with van der Waals surface area (Å²) in [7, 11) is -4.53. The Kier molecular flexibility index (Phi) is 2.36. The zero-order valence-corrected chi connectivity index (χ0v) is 12.1. The summed E-state index contributed by atoms with van der Waals surface area (Å²) in [5, 5.41) is 0. The van der Waals surface area contributed by atoms with Crippen LogP contribution in [0.5, 0.6) is 0 Å². The van der Waals surface area contributed by atoms with Crippen molar-refractivity contribution in [3.8, 4) is 0 Å². The van der Waals surface area contributed by atoms with E-state index in [9.17, 15) is 13.2 Å². The average molecular weight is 319 g/mol. The number of rotatable bonds is 3. The maximum atomic E-state index is 12.2. The molecule has 0 atom stereocenters. The van der Waals surface area contributed by atoms with E-state index in [4.69, 9.17) is 11.6 Å². The van der Waals surface area contributed by atoms with Gasteiger partial charge in [-0.05, 0) is 23.3 Å². The normalized spacial score (nSPS) is 21.3. The number of sulfone groups is 1. The molecule has 2 aromatic rings. The number of carbonyl (C=O) groups is 1. The monoisotopic (exact) mass is 319 g/mol. The molecule has 4 nitrogen and oxygen atoms in total. The molecule has 1 heterocycles. The van der Waals surface area contributed by atoms with Gasteiger partial charge in [-0.1, -0.05) is 42.5 Å². The molecule has 0 radical (unpaired) electrons. The van der Waals surface area contributed by atoms with E-state index in [-0.39, 0.29) is 16.7 Å². The predicted octanol–water partition coefficient (Wildman–Crippen LogP) is 2.56. The van der Waals surface area contributed by atoms with E-state index in [1.807, 2.05) is 0 Å². The van der Waals surface area contributed by atoms with Crippen molar-refractivity contribution < 1.29 is 24.8 Å². The lowest BCUT2D eigenvalue weighted by Crippen LogP contribution is -1.98. The van der Waals surface area contributed by atoms with E-state index < -0.39 is 33.4 Å². The minimum Gasteiger partial charge on any atom is -0.457 e. The molecule has 0 amide bonds. The summed E-state index contributed by atoms with van der Waals surface area (Å²) in [5.74, 6) is -0.833. The zero-order valence-electron chi connectivity index (χ0n) is 16.2. The molecule has 22 heavy (non-hydrogen) atoms. The fourth-order valence-corrected chi connectivity index (χ4v) is 2.67. The van der Waals surface area contributed by atoms with Gasteiger partial charge >= 0.3 is 5.97 Å². The molecule has 0 unspecified atom stereocenters. The molecule has 0 fully saturated rings. The van der Waals surface area contributed by atoms with Gasteiger partial charge in [-0.15, -0.1) is 0 Å². The Morgan fingerprint density at radius 3 is 2.36 bits per heavy atom. The molecule has 0 aliphatic carbocycles. The Morgan fingerprint density at radius 2 is 1.73 bits per heavy atom. The second-order valence-electron chi connectivity index (χ2n) is 4.64. The van der Waals surface area contributed by atoms with E-state index in [0.29, 0.717) is 5.56 Å². The Morgan fingerprint density at radius 1 is 1.05 bits per heavy atom. The van der Waals surface area contributed by atoms with Gasteiger partial charge in [0, 0.05) is 15.9 Å². The van der Waals surface area contributed by atoms with Crippen LogP contribution in [0.25, 0.3) is 11.1 Å². The second kappa shape index (κ2) is 5.42. The molecular weight excluding hydrogens is 300 g/mol. The first-order valence-corrected chi connectivity index (χ1v) is 7.82. The third kappa shape index (κ3) is 2.67. The van der Waals surface area contributed by atoms with Gasteiger partial charge in [0.1, 0.15) is 6.56 Å². The third-order valence-electron chi connectivity index (χ3n) is 3.22. The Labute approximate surface area is 136 Å². The Balaban J connectivity index is 2.16. The maximum Gasteiger partial charge on any atom is 0.339 e. The summed E-state index contributed by atoms with van der Waals surface area (Å²) in [4.78, 5) is 11.8. The van der Waals surface area contributed by atoms with Gasteiger partial charge in [-0.25, -0.2) is 13.2 Å². The van der Waals surface area contributed by atoms with Crippen LogP contribution in [0, 0.1) is 0 Å². The number of hydrogen-bond donors (Lipinski definition) is 0. The summed E-state index contributed by atoms with van der Waals surface area (Å²) in [6.07, 6.45) is -3.20. The average Bonchev–Trinajstić information content (AvgIpc) is 2.83. The van der Waals surface area contributed by atoms with E-state index in [2.05, 4.69) is 0 Å². The molecule has 1 aliphatic rings. The van der Waals surface area contributed by atoms with Crippen molar-refractivity contribution in [2.45, 2.75) is 4.90 Å². The minimum absolute atomic E-state index is 0.0343. The van der Waals surface area contributed by atoms with E-state index in [1.54, 1.807) is 30.3 Å². The molecule has 0 saturated heterocycles. The van der Waals surface area contributed by atoms with Gasteiger partial charge in [0.2, 0.25) is 0 Å². The summed E-state index contributed by atoms with van der Waals surface area (Å²) >= 11 is 0. The van der Waals surface area contributed by atoms with Gasteiger partial charge in [0.25, 0.3) is 0 Å². The van der Waals surface area contributed by atoms with Crippen LogP contribution in [0.3, 0.4) is 0 Å². The molecule has 5 heteroatoms. The van der Waals surface area contributed by atoms with Crippen LogP contribution < -0.4 is 0 Å². The van der Waals surface area contributed by atoms with E-state index >= 15 is 0 Å². The Bertz CT molecular complexity index is 1020. The third-order valence-corrected chi connectivity index (χ3v) is 4.11. The standard InChI is InChI=1S/C17H14O4S/c1-22(19,20)14-9-7-12(8-10-14)15-11-21-17(18)16(15)13-5-3-2-4-6-13/h2-10H,11H2,1H3/i1D3,11D2. The fourth-order valence-electron chi connectivity index (χ4n) is 2.17. The van der Waals surface area contributed by atoms with Crippen LogP contribution in [0.4, 0.5) is 0 Å². The molecule has 0 N–H and O–H groups in total. The Hall–Kier alpha value is -2.40. The molecule has 0 spiro atoms. The van der Waals surface area contributed by atoms with Gasteiger partial charge < -0.3 is 4.74 Å². The maximum absolute atomic E-state index is 12.2. The number of carbonyl (C=O) groups excluding carboxylic acids is 1. The van der Waals surface area contributed by atoms with Crippen LogP contribution in [0.1, 0.15) is 18.0 Å². The van der Waals surface area contributed by atoms with Crippen molar-refractivity contribution >= 4 is 27.0 Å². The minimum atomic E-state index is -4.53. The lowest BCUT2D eigenvalue weighted by molar-refractivity contribution is -0.133.